The number of likely N-dealkylation sites (N-methyl/N-ethyl adjacent to an activating group) is 2. The Hall–Kier alpha value is -1.39. The van der Waals surface area contributed by atoms with Gasteiger partial charge in [0.2, 0.25) is 5.91 Å². The summed E-state index contributed by atoms with van der Waals surface area (Å²) >= 11 is 0. The molecule has 0 radical (unpaired) electrons. The van der Waals surface area contributed by atoms with Crippen LogP contribution in [0.3, 0.4) is 0 Å². The molecular weight excluding hydrogens is 310 g/mol. The highest BCUT2D eigenvalue weighted by Crippen LogP contribution is 2.39. The number of hydrogen-bond acceptors (Lipinski definition) is 3. The molecule has 0 aromatic heterocycles. The molecule has 0 bridgehead atoms. The smallest absolute Gasteiger partial charge is 0.224 e. The maximum atomic E-state index is 12.9. The minimum absolute atomic E-state index is 0.0121. The Kier molecular flexibility index (Phi) is 5.49. The zero-order chi connectivity index (χ0) is 18.0. The number of likely N-dealkylation sites (tertiary alicyclic amines) is 1. The molecule has 1 saturated carbocycles. The van der Waals surface area contributed by atoms with E-state index in [1.165, 1.54) is 11.1 Å². The maximum Gasteiger partial charge on any atom is 0.224 e. The zero-order valence-electron chi connectivity index (χ0n) is 16.2. The Labute approximate surface area is 152 Å². The number of nitrogens with one attached hydrogen (secondary N) is 1. The molecule has 1 aliphatic carbocycles. The van der Waals surface area contributed by atoms with Crippen LogP contribution in [-0.4, -0.2) is 61.5 Å². The first-order valence-electron chi connectivity index (χ1n) is 9.59. The number of benzene rings is 1. The van der Waals surface area contributed by atoms with Gasteiger partial charge in [-0.1, -0.05) is 29.8 Å². The Balaban J connectivity index is 1.58. The van der Waals surface area contributed by atoms with Crippen molar-refractivity contribution in [2.45, 2.75) is 50.6 Å². The molecule has 0 unspecified atom stereocenters. The monoisotopic (exact) mass is 343 g/mol. The van der Waals surface area contributed by atoms with E-state index in [0.717, 1.165) is 45.2 Å². The molecular formula is C21H33N3O. The molecule has 1 heterocycles. The van der Waals surface area contributed by atoms with Crippen LogP contribution in [0.25, 0.3) is 0 Å². The van der Waals surface area contributed by atoms with Crippen LogP contribution in [0.1, 0.15) is 36.8 Å². The van der Waals surface area contributed by atoms with Crippen LogP contribution >= 0.6 is 0 Å². The summed E-state index contributed by atoms with van der Waals surface area (Å²) in [6, 6.07) is 9.26. The highest BCUT2D eigenvalue weighted by Gasteiger charge is 2.45. The lowest BCUT2D eigenvalue weighted by molar-refractivity contribution is -0.126. The van der Waals surface area contributed by atoms with Gasteiger partial charge in [0.05, 0.1) is 5.92 Å². The lowest BCUT2D eigenvalue weighted by Crippen LogP contribution is -2.44. The van der Waals surface area contributed by atoms with Gasteiger partial charge in [-0.3, -0.25) is 4.79 Å². The summed E-state index contributed by atoms with van der Waals surface area (Å²) in [5.74, 6) is 0.376. The standard InChI is InChI=1S/C21H33N3O/c1-16-5-7-17(8-6-16)13-21(11-12-21)22-20(25)18-9-10-19(23(2)3)15-24(4)14-18/h5-8,18-19H,9-15H2,1-4H3,(H,22,25)/t18-,19+/m1/s1. The fraction of sp³-hybridized carbons (Fsp3) is 0.667. The van der Waals surface area contributed by atoms with Gasteiger partial charge in [0.25, 0.3) is 0 Å². The fourth-order valence-corrected chi connectivity index (χ4v) is 3.98. The number of rotatable bonds is 5. The van der Waals surface area contributed by atoms with E-state index in [2.05, 4.69) is 67.4 Å². The van der Waals surface area contributed by atoms with Gasteiger partial charge in [0, 0.05) is 24.7 Å². The molecule has 1 aliphatic heterocycles. The minimum atomic E-state index is 0.0121. The average Bonchev–Trinajstić information content (AvgIpc) is 3.33. The third-order valence-corrected chi connectivity index (χ3v) is 5.91. The van der Waals surface area contributed by atoms with Gasteiger partial charge in [-0.25, -0.2) is 0 Å². The van der Waals surface area contributed by atoms with Crippen molar-refractivity contribution in [3.63, 3.8) is 0 Å². The Morgan fingerprint density at radius 1 is 1.20 bits per heavy atom. The van der Waals surface area contributed by atoms with Crippen molar-refractivity contribution in [3.8, 4) is 0 Å². The van der Waals surface area contributed by atoms with E-state index in [4.69, 9.17) is 0 Å². The van der Waals surface area contributed by atoms with Crippen LogP contribution in [0.15, 0.2) is 24.3 Å². The molecule has 1 N–H and O–H groups in total. The fourth-order valence-electron chi connectivity index (χ4n) is 3.98. The molecule has 2 fully saturated rings. The summed E-state index contributed by atoms with van der Waals surface area (Å²) in [4.78, 5) is 17.5. The van der Waals surface area contributed by atoms with Crippen molar-refractivity contribution in [2.24, 2.45) is 5.92 Å². The summed E-state index contributed by atoms with van der Waals surface area (Å²) in [6.45, 7) is 4.03. The first-order valence-corrected chi connectivity index (χ1v) is 9.59. The summed E-state index contributed by atoms with van der Waals surface area (Å²) in [5.41, 5.74) is 2.63. The predicted octanol–water partition coefficient (Wildman–Crippen LogP) is 2.46. The molecule has 1 amide bonds. The van der Waals surface area contributed by atoms with Crippen LogP contribution < -0.4 is 5.32 Å². The first kappa shape index (κ1) is 18.4. The van der Waals surface area contributed by atoms with Crippen molar-refractivity contribution in [3.05, 3.63) is 35.4 Å². The Bertz CT molecular complexity index is 592. The number of carbonyl (C=O) groups excluding carboxylic acids is 1. The van der Waals surface area contributed by atoms with E-state index in [-0.39, 0.29) is 17.4 Å². The van der Waals surface area contributed by atoms with Gasteiger partial charge < -0.3 is 15.1 Å². The van der Waals surface area contributed by atoms with Gasteiger partial charge >= 0.3 is 0 Å². The quantitative estimate of drug-likeness (QED) is 0.892. The average molecular weight is 344 g/mol. The van der Waals surface area contributed by atoms with E-state index in [1.54, 1.807) is 0 Å². The second kappa shape index (κ2) is 7.46. The first-order chi connectivity index (χ1) is 11.9. The minimum Gasteiger partial charge on any atom is -0.350 e. The summed E-state index contributed by atoms with van der Waals surface area (Å²) in [5, 5.41) is 3.41. The van der Waals surface area contributed by atoms with Crippen molar-refractivity contribution >= 4 is 5.91 Å². The van der Waals surface area contributed by atoms with Gasteiger partial charge in [-0.2, -0.15) is 0 Å². The number of carbonyl (C=O) groups is 1. The van der Waals surface area contributed by atoms with Crippen molar-refractivity contribution in [2.75, 3.05) is 34.2 Å². The summed E-state index contributed by atoms with van der Waals surface area (Å²) in [7, 11) is 6.42. The van der Waals surface area contributed by atoms with E-state index in [1.807, 2.05) is 0 Å². The van der Waals surface area contributed by atoms with Crippen LogP contribution in [0.5, 0.6) is 0 Å². The molecule has 3 rings (SSSR count). The lowest BCUT2D eigenvalue weighted by atomic mass is 9.98. The largest absolute Gasteiger partial charge is 0.350 e. The topological polar surface area (TPSA) is 35.6 Å². The maximum absolute atomic E-state index is 12.9. The highest BCUT2D eigenvalue weighted by atomic mass is 16.2. The molecule has 25 heavy (non-hydrogen) atoms. The van der Waals surface area contributed by atoms with Crippen LogP contribution in [-0.2, 0) is 11.2 Å². The Morgan fingerprint density at radius 2 is 1.88 bits per heavy atom. The van der Waals surface area contributed by atoms with Crippen molar-refractivity contribution in [1.82, 2.24) is 15.1 Å². The van der Waals surface area contributed by atoms with E-state index >= 15 is 0 Å². The molecule has 1 aromatic rings. The summed E-state index contributed by atoms with van der Waals surface area (Å²) in [6.07, 6.45) is 5.26. The number of nitrogens with zero attached hydrogens (tertiary/aromatic N) is 2. The summed E-state index contributed by atoms with van der Waals surface area (Å²) < 4.78 is 0. The van der Waals surface area contributed by atoms with E-state index < -0.39 is 0 Å². The second-order valence-electron chi connectivity index (χ2n) is 8.54. The van der Waals surface area contributed by atoms with Crippen molar-refractivity contribution in [1.29, 1.82) is 0 Å². The molecule has 4 heteroatoms. The molecule has 138 valence electrons. The SMILES string of the molecule is Cc1ccc(CC2(NC(=O)[C@@H]3CC[C@H](N(C)C)CN(C)C3)CC2)cc1. The Morgan fingerprint density at radius 3 is 2.48 bits per heavy atom. The number of amides is 1. The van der Waals surface area contributed by atoms with E-state index in [9.17, 15) is 4.79 Å². The van der Waals surface area contributed by atoms with Crippen molar-refractivity contribution < 1.29 is 4.79 Å². The number of hydrogen-bond donors (Lipinski definition) is 1. The second-order valence-corrected chi connectivity index (χ2v) is 8.54. The number of aryl methyl sites for hydroxylation is 1. The highest BCUT2D eigenvalue weighted by molar-refractivity contribution is 5.80. The molecule has 1 saturated heterocycles. The van der Waals surface area contributed by atoms with Crippen LogP contribution in [0, 0.1) is 12.8 Å². The molecule has 4 nitrogen and oxygen atoms in total. The third-order valence-electron chi connectivity index (χ3n) is 5.91. The van der Waals surface area contributed by atoms with Gasteiger partial charge in [0.15, 0.2) is 0 Å². The lowest BCUT2D eigenvalue weighted by Gasteiger charge is -2.26. The predicted molar refractivity (Wildman–Crippen MR) is 103 cm³/mol. The molecule has 0 spiro atoms. The molecule has 1 aromatic carbocycles. The molecule has 2 aliphatic rings. The zero-order valence-corrected chi connectivity index (χ0v) is 16.2. The van der Waals surface area contributed by atoms with Crippen LogP contribution in [0.2, 0.25) is 0 Å². The van der Waals surface area contributed by atoms with Gasteiger partial charge in [-0.15, -0.1) is 0 Å². The normalized spacial score (nSPS) is 26.3. The van der Waals surface area contributed by atoms with Gasteiger partial charge in [-0.05, 0) is 65.7 Å². The van der Waals surface area contributed by atoms with Gasteiger partial charge in [0.1, 0.15) is 0 Å². The van der Waals surface area contributed by atoms with Crippen LogP contribution in [0.4, 0.5) is 0 Å². The third kappa shape index (κ3) is 4.83. The van der Waals surface area contributed by atoms with E-state index in [0.29, 0.717) is 6.04 Å². The molecule has 2 atom stereocenters.